The van der Waals surface area contributed by atoms with Crippen LogP contribution in [0.4, 0.5) is 0 Å². The van der Waals surface area contributed by atoms with E-state index in [4.69, 9.17) is 5.73 Å². The van der Waals surface area contributed by atoms with E-state index in [-0.39, 0.29) is 36.3 Å². The highest BCUT2D eigenvalue weighted by Crippen LogP contribution is 2.15. The molecular formula is C13H31Cl2N3O. The number of hydrogen-bond donors (Lipinski definition) is 2. The first kappa shape index (κ1) is 24.0. The highest BCUT2D eigenvalue weighted by molar-refractivity contribution is 5.85. The number of halogens is 2. The Morgan fingerprint density at radius 1 is 1.26 bits per heavy atom. The van der Waals surface area contributed by atoms with E-state index < -0.39 is 0 Å². The summed E-state index contributed by atoms with van der Waals surface area (Å²) in [6.07, 6.45) is 0.910. The Balaban J connectivity index is -0.00000128. The summed E-state index contributed by atoms with van der Waals surface area (Å²) >= 11 is 0. The second-order valence-electron chi connectivity index (χ2n) is 5.37. The summed E-state index contributed by atoms with van der Waals surface area (Å²) in [5.74, 6) is 0.597. The third kappa shape index (κ3) is 10.4. The van der Waals surface area contributed by atoms with E-state index in [9.17, 15) is 4.79 Å². The van der Waals surface area contributed by atoms with Crippen LogP contribution in [0.3, 0.4) is 0 Å². The molecule has 118 valence electrons. The Bertz CT molecular complexity index is 236. The zero-order valence-electron chi connectivity index (χ0n) is 12.9. The van der Waals surface area contributed by atoms with E-state index in [1.54, 1.807) is 0 Å². The Kier molecular flexibility index (Phi) is 14.9. The van der Waals surface area contributed by atoms with Gasteiger partial charge in [0, 0.05) is 12.1 Å². The predicted molar refractivity (Wildman–Crippen MR) is 87.3 cm³/mol. The SMILES string of the molecule is CCN(CC)CC(=O)NC(C)(CN)CC(C)C.Cl.Cl. The van der Waals surface area contributed by atoms with Crippen LogP contribution >= 0.6 is 24.8 Å². The molecule has 0 aliphatic rings. The van der Waals surface area contributed by atoms with Gasteiger partial charge in [0.05, 0.1) is 6.54 Å². The van der Waals surface area contributed by atoms with Gasteiger partial charge < -0.3 is 11.1 Å². The van der Waals surface area contributed by atoms with Gasteiger partial charge in [-0.2, -0.15) is 0 Å². The molecule has 0 radical (unpaired) electrons. The number of nitrogens with zero attached hydrogens (tertiary/aromatic N) is 1. The number of rotatable bonds is 8. The quantitative estimate of drug-likeness (QED) is 0.720. The molecule has 19 heavy (non-hydrogen) atoms. The Morgan fingerprint density at radius 3 is 2.05 bits per heavy atom. The fourth-order valence-corrected chi connectivity index (χ4v) is 2.11. The molecule has 0 saturated heterocycles. The standard InChI is InChI=1S/C13H29N3O.2ClH/c1-6-16(7-2)9-12(17)15-13(5,10-14)8-11(3)4;;/h11H,6-10,14H2,1-5H3,(H,15,17);2*1H. The fraction of sp³-hybridized carbons (Fsp3) is 0.923. The molecule has 0 saturated carbocycles. The number of nitrogens with two attached hydrogens (primary N) is 1. The van der Waals surface area contributed by atoms with Crippen LogP contribution < -0.4 is 11.1 Å². The summed E-state index contributed by atoms with van der Waals surface area (Å²) in [7, 11) is 0. The van der Waals surface area contributed by atoms with Crippen molar-refractivity contribution in [1.82, 2.24) is 10.2 Å². The highest BCUT2D eigenvalue weighted by Gasteiger charge is 2.26. The minimum absolute atomic E-state index is 0. The molecule has 1 atom stereocenters. The molecule has 0 aromatic carbocycles. The van der Waals surface area contributed by atoms with E-state index in [0.29, 0.717) is 19.0 Å². The van der Waals surface area contributed by atoms with Crippen LogP contribution in [-0.4, -0.2) is 42.5 Å². The third-order valence-corrected chi connectivity index (χ3v) is 3.01. The van der Waals surface area contributed by atoms with Crippen molar-refractivity contribution in [3.8, 4) is 0 Å². The van der Waals surface area contributed by atoms with Gasteiger partial charge in [0.2, 0.25) is 5.91 Å². The van der Waals surface area contributed by atoms with Gasteiger partial charge in [-0.15, -0.1) is 24.8 Å². The van der Waals surface area contributed by atoms with Crippen LogP contribution in [0, 0.1) is 5.92 Å². The Labute approximate surface area is 130 Å². The first-order chi connectivity index (χ1) is 7.86. The topological polar surface area (TPSA) is 58.4 Å². The van der Waals surface area contributed by atoms with Crippen LogP contribution in [0.5, 0.6) is 0 Å². The van der Waals surface area contributed by atoms with E-state index in [2.05, 4.69) is 37.9 Å². The first-order valence-electron chi connectivity index (χ1n) is 6.60. The minimum Gasteiger partial charge on any atom is -0.349 e. The van der Waals surface area contributed by atoms with Crippen LogP contribution in [-0.2, 0) is 4.79 Å². The van der Waals surface area contributed by atoms with Gasteiger partial charge in [0.15, 0.2) is 0 Å². The maximum absolute atomic E-state index is 11.9. The van der Waals surface area contributed by atoms with Gasteiger partial charge in [-0.3, -0.25) is 9.69 Å². The molecular weight excluding hydrogens is 285 g/mol. The zero-order chi connectivity index (χ0) is 13.5. The molecule has 1 unspecified atom stereocenters. The summed E-state index contributed by atoms with van der Waals surface area (Å²) in [5.41, 5.74) is 5.49. The van der Waals surface area contributed by atoms with Crippen molar-refractivity contribution in [2.75, 3.05) is 26.2 Å². The lowest BCUT2D eigenvalue weighted by atomic mass is 9.90. The molecule has 0 spiro atoms. The maximum Gasteiger partial charge on any atom is 0.234 e. The molecule has 3 N–H and O–H groups in total. The minimum atomic E-state index is -0.279. The smallest absolute Gasteiger partial charge is 0.234 e. The van der Waals surface area contributed by atoms with Crippen LogP contribution in [0.2, 0.25) is 0 Å². The van der Waals surface area contributed by atoms with Crippen molar-refractivity contribution in [2.24, 2.45) is 11.7 Å². The van der Waals surface area contributed by atoms with Crippen molar-refractivity contribution in [1.29, 1.82) is 0 Å². The molecule has 0 aromatic heterocycles. The third-order valence-electron chi connectivity index (χ3n) is 3.01. The zero-order valence-corrected chi connectivity index (χ0v) is 14.5. The summed E-state index contributed by atoms with van der Waals surface area (Å²) < 4.78 is 0. The molecule has 0 fully saturated rings. The second-order valence-corrected chi connectivity index (χ2v) is 5.37. The van der Waals surface area contributed by atoms with Gasteiger partial charge in [0.1, 0.15) is 0 Å². The molecule has 0 aromatic rings. The van der Waals surface area contributed by atoms with Crippen LogP contribution in [0.25, 0.3) is 0 Å². The lowest BCUT2D eigenvalue weighted by Gasteiger charge is -2.32. The monoisotopic (exact) mass is 315 g/mol. The van der Waals surface area contributed by atoms with Gasteiger partial charge in [0.25, 0.3) is 0 Å². The molecule has 0 aliphatic heterocycles. The van der Waals surface area contributed by atoms with Crippen LogP contribution in [0.1, 0.15) is 41.0 Å². The summed E-state index contributed by atoms with van der Waals surface area (Å²) in [4.78, 5) is 14.0. The van der Waals surface area contributed by atoms with Gasteiger partial charge in [-0.05, 0) is 32.4 Å². The lowest BCUT2D eigenvalue weighted by molar-refractivity contribution is -0.124. The average Bonchev–Trinajstić information content (AvgIpc) is 2.24. The molecule has 6 heteroatoms. The maximum atomic E-state index is 11.9. The second kappa shape index (κ2) is 11.8. The Hall–Kier alpha value is -0.0300. The lowest BCUT2D eigenvalue weighted by Crippen LogP contribution is -2.54. The molecule has 1 amide bonds. The van der Waals surface area contributed by atoms with E-state index in [1.807, 2.05) is 6.92 Å². The van der Waals surface area contributed by atoms with E-state index >= 15 is 0 Å². The van der Waals surface area contributed by atoms with Crippen molar-refractivity contribution < 1.29 is 4.79 Å². The van der Waals surface area contributed by atoms with Crippen molar-refractivity contribution >= 4 is 30.7 Å². The van der Waals surface area contributed by atoms with Crippen molar-refractivity contribution in [2.45, 2.75) is 46.6 Å². The Morgan fingerprint density at radius 2 is 1.74 bits per heavy atom. The number of likely N-dealkylation sites (N-methyl/N-ethyl adjacent to an activating group) is 1. The molecule has 0 heterocycles. The largest absolute Gasteiger partial charge is 0.349 e. The molecule has 4 nitrogen and oxygen atoms in total. The predicted octanol–water partition coefficient (Wildman–Crippen LogP) is 2.05. The number of nitrogens with one attached hydrogen (secondary N) is 1. The van der Waals surface area contributed by atoms with E-state index in [1.165, 1.54) is 0 Å². The van der Waals surface area contributed by atoms with E-state index in [0.717, 1.165) is 19.5 Å². The van der Waals surface area contributed by atoms with Gasteiger partial charge in [-0.25, -0.2) is 0 Å². The molecule has 0 aliphatic carbocycles. The number of amides is 1. The van der Waals surface area contributed by atoms with Gasteiger partial charge >= 0.3 is 0 Å². The fourth-order valence-electron chi connectivity index (χ4n) is 2.11. The molecule has 0 bridgehead atoms. The highest BCUT2D eigenvalue weighted by atomic mass is 35.5. The normalized spacial score (nSPS) is 13.5. The van der Waals surface area contributed by atoms with Crippen molar-refractivity contribution in [3.05, 3.63) is 0 Å². The average molecular weight is 316 g/mol. The number of hydrogen-bond acceptors (Lipinski definition) is 3. The number of carbonyl (C=O) groups excluding carboxylic acids is 1. The summed E-state index contributed by atoms with van der Waals surface area (Å²) in [5, 5.41) is 3.07. The van der Waals surface area contributed by atoms with Gasteiger partial charge in [-0.1, -0.05) is 27.7 Å². The summed E-state index contributed by atoms with van der Waals surface area (Å²) in [6, 6.07) is 0. The number of carbonyl (C=O) groups is 1. The molecule has 0 rings (SSSR count). The first-order valence-corrected chi connectivity index (χ1v) is 6.60. The van der Waals surface area contributed by atoms with Crippen LogP contribution in [0.15, 0.2) is 0 Å². The summed E-state index contributed by atoms with van der Waals surface area (Å²) in [6.45, 7) is 13.2. The van der Waals surface area contributed by atoms with Crippen molar-refractivity contribution in [3.63, 3.8) is 0 Å².